The molecule has 0 aromatic heterocycles. The lowest BCUT2D eigenvalue weighted by molar-refractivity contribution is -0.140. The molecule has 214 valence electrons. The number of carbonyl (C=O) groups excluding carboxylic acids is 2. The topological polar surface area (TPSA) is 64.6 Å². The van der Waals surface area contributed by atoms with Gasteiger partial charge in [-0.15, -0.1) is 0 Å². The van der Waals surface area contributed by atoms with Crippen LogP contribution in [0.1, 0.15) is 93.8 Å². The van der Waals surface area contributed by atoms with Gasteiger partial charge in [0.1, 0.15) is 17.7 Å². The molecule has 0 saturated heterocycles. The van der Waals surface area contributed by atoms with Gasteiger partial charge in [-0.05, 0) is 59.2 Å². The number of rotatable bonds is 13. The quantitative estimate of drug-likeness (QED) is 0.173. The van der Waals surface area contributed by atoms with Crippen LogP contribution < -0.4 is 10.1 Å². The molecule has 5 nitrogen and oxygen atoms in total. The average molecular weight is 548 g/mol. The number of ether oxygens (including phenoxy) is 2. The normalized spacial score (nSPS) is 12.1. The summed E-state index contributed by atoms with van der Waals surface area (Å²) in [5, 5.41) is 2.62. The zero-order chi connectivity index (χ0) is 29.1. The smallest absolute Gasteiger partial charge is 0.307 e. The van der Waals surface area contributed by atoms with Crippen LogP contribution in [0.3, 0.4) is 0 Å². The van der Waals surface area contributed by atoms with Crippen LogP contribution in [-0.4, -0.2) is 25.5 Å². The number of benzene rings is 3. The number of methoxy groups -OCH3 is 1. The molecule has 1 unspecified atom stereocenters. The van der Waals surface area contributed by atoms with Crippen LogP contribution in [0.5, 0.6) is 5.75 Å². The largest absolute Gasteiger partial charge is 0.486 e. The molecule has 0 spiro atoms. The Kier molecular flexibility index (Phi) is 11.3. The van der Waals surface area contributed by atoms with Gasteiger partial charge >= 0.3 is 5.97 Å². The first kappa shape index (κ1) is 30.9. The summed E-state index contributed by atoms with van der Waals surface area (Å²) in [6.07, 6.45) is 4.41. The number of hydrogen-bond acceptors (Lipinski definition) is 4. The van der Waals surface area contributed by atoms with Gasteiger partial charge in [-0.25, -0.2) is 4.39 Å². The van der Waals surface area contributed by atoms with E-state index in [0.717, 1.165) is 36.8 Å². The van der Waals surface area contributed by atoms with Crippen LogP contribution in [0, 0.1) is 5.82 Å². The van der Waals surface area contributed by atoms with Gasteiger partial charge in [0.25, 0.3) is 5.91 Å². The Morgan fingerprint density at radius 3 is 2.12 bits per heavy atom. The number of nitrogens with one attached hydrogen (secondary N) is 1. The van der Waals surface area contributed by atoms with Crippen molar-refractivity contribution in [3.8, 4) is 16.9 Å². The molecule has 40 heavy (non-hydrogen) atoms. The standard InChI is InChI=1S/C34H42FNO4/c1-6-7-8-9-10-31(29-20-15-26(23-30(29)35)33(38)36-22-21-32(37)39-5)40-28-18-13-25(14-19-28)24-11-16-27(17-12-24)34(2,3)4/h11-20,23,31H,6-10,21-22H2,1-5H3,(H,36,38). The fourth-order valence-corrected chi connectivity index (χ4v) is 4.50. The van der Waals surface area contributed by atoms with E-state index >= 15 is 4.39 Å². The molecule has 3 rings (SSSR count). The van der Waals surface area contributed by atoms with E-state index in [1.165, 1.54) is 18.7 Å². The Hall–Kier alpha value is -3.67. The van der Waals surface area contributed by atoms with Crippen molar-refractivity contribution in [1.29, 1.82) is 0 Å². The second-order valence-corrected chi connectivity index (χ2v) is 11.1. The van der Waals surface area contributed by atoms with E-state index in [9.17, 15) is 9.59 Å². The molecule has 3 aromatic rings. The predicted octanol–water partition coefficient (Wildman–Crippen LogP) is 8.17. The molecule has 1 N–H and O–H groups in total. The van der Waals surface area contributed by atoms with Crippen molar-refractivity contribution in [2.45, 2.75) is 77.7 Å². The maximum absolute atomic E-state index is 15.3. The summed E-state index contributed by atoms with van der Waals surface area (Å²) >= 11 is 0. The van der Waals surface area contributed by atoms with Gasteiger partial charge in [0.05, 0.1) is 13.5 Å². The van der Waals surface area contributed by atoms with Crippen molar-refractivity contribution in [3.05, 3.63) is 89.2 Å². The van der Waals surface area contributed by atoms with E-state index in [1.54, 1.807) is 12.1 Å². The molecule has 0 radical (unpaired) electrons. The fraction of sp³-hybridized carbons (Fsp3) is 0.412. The van der Waals surface area contributed by atoms with Gasteiger partial charge in [-0.2, -0.15) is 0 Å². The first-order chi connectivity index (χ1) is 19.1. The molecule has 6 heteroatoms. The van der Waals surface area contributed by atoms with Crippen molar-refractivity contribution < 1.29 is 23.5 Å². The highest BCUT2D eigenvalue weighted by Crippen LogP contribution is 2.32. The van der Waals surface area contributed by atoms with Crippen molar-refractivity contribution in [1.82, 2.24) is 5.32 Å². The van der Waals surface area contributed by atoms with Crippen LogP contribution in [0.25, 0.3) is 11.1 Å². The van der Waals surface area contributed by atoms with Crippen LogP contribution >= 0.6 is 0 Å². The lowest BCUT2D eigenvalue weighted by Crippen LogP contribution is -2.26. The third-order valence-electron chi connectivity index (χ3n) is 6.99. The molecule has 1 atom stereocenters. The monoisotopic (exact) mass is 547 g/mol. The summed E-state index contributed by atoms with van der Waals surface area (Å²) < 4.78 is 26.2. The van der Waals surface area contributed by atoms with Crippen LogP contribution in [0.2, 0.25) is 0 Å². The minimum Gasteiger partial charge on any atom is -0.486 e. The van der Waals surface area contributed by atoms with E-state index in [1.807, 2.05) is 24.3 Å². The molecular weight excluding hydrogens is 505 g/mol. The molecule has 1 amide bonds. The Morgan fingerprint density at radius 1 is 0.900 bits per heavy atom. The summed E-state index contributed by atoms with van der Waals surface area (Å²) in [4.78, 5) is 23.7. The first-order valence-electron chi connectivity index (χ1n) is 14.1. The molecule has 0 aliphatic carbocycles. The second-order valence-electron chi connectivity index (χ2n) is 11.1. The number of hydrogen-bond donors (Lipinski definition) is 1. The average Bonchev–Trinajstić information content (AvgIpc) is 2.94. The fourth-order valence-electron chi connectivity index (χ4n) is 4.50. The van der Waals surface area contributed by atoms with E-state index < -0.39 is 23.8 Å². The molecular formula is C34H42FNO4. The molecule has 0 heterocycles. The number of amides is 1. The summed E-state index contributed by atoms with van der Waals surface area (Å²) in [5.41, 5.74) is 4.21. The number of carbonyl (C=O) groups is 2. The maximum atomic E-state index is 15.3. The van der Waals surface area contributed by atoms with E-state index in [4.69, 9.17) is 4.74 Å². The van der Waals surface area contributed by atoms with Crippen LogP contribution in [-0.2, 0) is 14.9 Å². The molecule has 3 aromatic carbocycles. The molecule has 0 bridgehead atoms. The lowest BCUT2D eigenvalue weighted by Gasteiger charge is -2.21. The Morgan fingerprint density at radius 2 is 1.55 bits per heavy atom. The highest BCUT2D eigenvalue weighted by Gasteiger charge is 2.20. The van der Waals surface area contributed by atoms with Gasteiger partial charge in [0, 0.05) is 17.7 Å². The van der Waals surface area contributed by atoms with Crippen LogP contribution in [0.4, 0.5) is 4.39 Å². The zero-order valence-corrected chi connectivity index (χ0v) is 24.4. The van der Waals surface area contributed by atoms with Gasteiger partial charge in [0.2, 0.25) is 0 Å². The second kappa shape index (κ2) is 14.6. The van der Waals surface area contributed by atoms with Gasteiger partial charge < -0.3 is 14.8 Å². The van der Waals surface area contributed by atoms with Gasteiger partial charge in [0.15, 0.2) is 0 Å². The highest BCUT2D eigenvalue weighted by molar-refractivity contribution is 5.94. The summed E-state index contributed by atoms with van der Waals surface area (Å²) in [5.74, 6) is -0.687. The van der Waals surface area contributed by atoms with Crippen molar-refractivity contribution in [2.24, 2.45) is 0 Å². The molecule has 0 aliphatic rings. The van der Waals surface area contributed by atoms with Crippen molar-refractivity contribution >= 4 is 11.9 Å². The van der Waals surface area contributed by atoms with Crippen LogP contribution in [0.15, 0.2) is 66.7 Å². The third-order valence-corrected chi connectivity index (χ3v) is 6.99. The van der Waals surface area contributed by atoms with Gasteiger partial charge in [-0.1, -0.05) is 89.4 Å². The predicted molar refractivity (Wildman–Crippen MR) is 158 cm³/mol. The third kappa shape index (κ3) is 8.94. The minimum absolute atomic E-state index is 0.0531. The Bertz CT molecular complexity index is 1250. The molecule has 0 aliphatic heterocycles. The number of halogens is 1. The van der Waals surface area contributed by atoms with Gasteiger partial charge in [-0.3, -0.25) is 9.59 Å². The lowest BCUT2D eigenvalue weighted by atomic mass is 9.86. The van der Waals surface area contributed by atoms with E-state index in [0.29, 0.717) is 17.7 Å². The number of unbranched alkanes of at least 4 members (excludes halogenated alkanes) is 3. The summed E-state index contributed by atoms with van der Waals surface area (Å²) in [6, 6.07) is 20.9. The zero-order valence-electron chi connectivity index (χ0n) is 24.4. The maximum Gasteiger partial charge on any atom is 0.307 e. The number of esters is 1. The summed E-state index contributed by atoms with van der Waals surface area (Å²) in [7, 11) is 1.29. The van der Waals surface area contributed by atoms with Crippen molar-refractivity contribution in [3.63, 3.8) is 0 Å². The Balaban J connectivity index is 1.74. The highest BCUT2D eigenvalue weighted by atomic mass is 19.1. The summed E-state index contributed by atoms with van der Waals surface area (Å²) in [6.45, 7) is 8.87. The molecule has 0 saturated carbocycles. The van der Waals surface area contributed by atoms with E-state index in [2.05, 4.69) is 62.0 Å². The SMILES string of the molecule is CCCCCCC(Oc1ccc(-c2ccc(C(C)(C)C)cc2)cc1)c1ccc(C(=O)NCCC(=O)OC)cc1F. The Labute approximate surface area is 238 Å². The van der Waals surface area contributed by atoms with E-state index in [-0.39, 0.29) is 23.9 Å². The first-order valence-corrected chi connectivity index (χ1v) is 14.1. The molecule has 0 fully saturated rings. The minimum atomic E-state index is -0.489. The van der Waals surface area contributed by atoms with Crippen molar-refractivity contribution in [2.75, 3.05) is 13.7 Å².